The highest BCUT2D eigenvalue weighted by Gasteiger charge is 2.40. The zero-order chi connectivity index (χ0) is 18.5. The molecule has 0 aliphatic carbocycles. The van der Waals surface area contributed by atoms with Crippen LogP contribution in [0.4, 0.5) is 0 Å². The van der Waals surface area contributed by atoms with Crippen molar-refractivity contribution < 1.29 is 13.2 Å². The molecule has 1 atom stereocenters. The summed E-state index contributed by atoms with van der Waals surface area (Å²) < 4.78 is 30.3. The Morgan fingerprint density at radius 3 is 2.44 bits per heavy atom. The van der Waals surface area contributed by atoms with Crippen LogP contribution in [0.3, 0.4) is 0 Å². The van der Waals surface area contributed by atoms with Crippen LogP contribution in [0.1, 0.15) is 12.8 Å². The van der Waals surface area contributed by atoms with Crippen LogP contribution >= 0.6 is 0 Å². The number of hydrogen-bond donors (Lipinski definition) is 0. The molecule has 0 saturated carbocycles. The molecular formula is C16H22N4O4S. The van der Waals surface area contributed by atoms with E-state index in [1.807, 2.05) is 0 Å². The minimum Gasteiger partial charge on any atom is -0.347 e. The molecule has 1 saturated heterocycles. The molecular weight excluding hydrogens is 344 g/mol. The number of fused-ring (bicyclic) bond motifs is 1. The Morgan fingerprint density at radius 1 is 1.16 bits per heavy atom. The van der Waals surface area contributed by atoms with Crippen LogP contribution < -0.4 is 5.69 Å². The molecule has 2 aromatic rings. The summed E-state index contributed by atoms with van der Waals surface area (Å²) >= 11 is 0. The molecule has 0 radical (unpaired) electrons. The summed E-state index contributed by atoms with van der Waals surface area (Å²) in [6.45, 7) is 0.318. The van der Waals surface area contributed by atoms with E-state index in [9.17, 15) is 18.0 Å². The molecule has 1 aliphatic rings. The van der Waals surface area contributed by atoms with Crippen LogP contribution in [0.15, 0.2) is 27.9 Å². The number of amides is 1. The molecule has 2 heterocycles. The maximum absolute atomic E-state index is 13.1. The van der Waals surface area contributed by atoms with Crippen LogP contribution in [0.25, 0.3) is 11.0 Å². The lowest BCUT2D eigenvalue weighted by molar-refractivity contribution is -0.132. The van der Waals surface area contributed by atoms with E-state index in [0.717, 1.165) is 0 Å². The van der Waals surface area contributed by atoms with Gasteiger partial charge in [-0.15, -0.1) is 0 Å². The lowest BCUT2D eigenvalue weighted by atomic mass is 10.2. The minimum atomic E-state index is -3.82. The van der Waals surface area contributed by atoms with Crippen molar-refractivity contribution in [3.63, 3.8) is 0 Å². The average molecular weight is 366 g/mol. The van der Waals surface area contributed by atoms with Crippen molar-refractivity contribution in [2.75, 3.05) is 20.6 Å². The standard InChI is InChI=1S/C16H22N4O4S/c1-17(2)15(21)13-6-5-9-20(13)25(23,24)11-7-8-12-14(10-11)19(4)16(22)18(12)3/h7-8,10,13H,5-6,9H2,1-4H3. The number of aryl methyl sites for hydroxylation is 2. The number of aromatic nitrogens is 2. The van der Waals surface area contributed by atoms with Gasteiger partial charge in [0.1, 0.15) is 6.04 Å². The Kier molecular flexibility index (Phi) is 4.24. The fraction of sp³-hybridized carbons (Fsp3) is 0.500. The molecule has 1 aliphatic heterocycles. The molecule has 1 aromatic heterocycles. The Labute approximate surface area is 146 Å². The van der Waals surface area contributed by atoms with E-state index < -0.39 is 16.1 Å². The van der Waals surface area contributed by atoms with Crippen molar-refractivity contribution in [2.24, 2.45) is 14.1 Å². The lowest BCUT2D eigenvalue weighted by Gasteiger charge is -2.25. The highest BCUT2D eigenvalue weighted by molar-refractivity contribution is 7.89. The maximum atomic E-state index is 13.1. The SMILES string of the molecule is CN(C)C(=O)C1CCCN1S(=O)(=O)c1ccc2c(c1)n(C)c(=O)n2C. The zero-order valence-corrected chi connectivity index (χ0v) is 15.6. The first-order valence-corrected chi connectivity index (χ1v) is 9.48. The van der Waals surface area contributed by atoms with Gasteiger partial charge in [-0.1, -0.05) is 0 Å². The Hall–Kier alpha value is -2.13. The molecule has 0 N–H and O–H groups in total. The fourth-order valence-corrected chi connectivity index (χ4v) is 5.03. The van der Waals surface area contributed by atoms with Crippen LogP contribution in [-0.4, -0.2) is 59.3 Å². The average Bonchev–Trinajstić information content (AvgIpc) is 3.15. The Bertz CT molecular complexity index is 1000. The van der Waals surface area contributed by atoms with Gasteiger partial charge in [0, 0.05) is 34.7 Å². The van der Waals surface area contributed by atoms with Gasteiger partial charge >= 0.3 is 5.69 Å². The Balaban J connectivity index is 2.08. The number of carbonyl (C=O) groups excluding carboxylic acids is 1. The molecule has 8 nitrogen and oxygen atoms in total. The van der Waals surface area contributed by atoms with E-state index in [0.29, 0.717) is 30.4 Å². The van der Waals surface area contributed by atoms with Gasteiger partial charge < -0.3 is 4.90 Å². The predicted molar refractivity (Wildman–Crippen MR) is 93.8 cm³/mol. The van der Waals surface area contributed by atoms with E-state index in [1.54, 1.807) is 34.3 Å². The topological polar surface area (TPSA) is 84.6 Å². The fourth-order valence-electron chi connectivity index (χ4n) is 3.36. The molecule has 3 rings (SSSR count). The molecule has 136 valence electrons. The summed E-state index contributed by atoms with van der Waals surface area (Å²) in [5, 5.41) is 0. The number of likely N-dealkylation sites (N-methyl/N-ethyl adjacent to an activating group) is 1. The van der Waals surface area contributed by atoms with Gasteiger partial charge in [0.2, 0.25) is 15.9 Å². The van der Waals surface area contributed by atoms with E-state index in [4.69, 9.17) is 0 Å². The van der Waals surface area contributed by atoms with Gasteiger partial charge in [-0.3, -0.25) is 13.9 Å². The second kappa shape index (κ2) is 5.99. The highest BCUT2D eigenvalue weighted by atomic mass is 32.2. The third-order valence-electron chi connectivity index (χ3n) is 4.78. The predicted octanol–water partition coefficient (Wildman–Crippen LogP) is 0.118. The molecule has 1 aromatic carbocycles. The summed E-state index contributed by atoms with van der Waals surface area (Å²) in [7, 11) is 2.68. The molecule has 0 spiro atoms. The summed E-state index contributed by atoms with van der Waals surface area (Å²) in [5.74, 6) is -0.214. The largest absolute Gasteiger partial charge is 0.347 e. The summed E-state index contributed by atoms with van der Waals surface area (Å²) in [6.07, 6.45) is 1.16. The normalized spacial score (nSPS) is 18.8. The summed E-state index contributed by atoms with van der Waals surface area (Å²) in [6, 6.07) is 3.95. The maximum Gasteiger partial charge on any atom is 0.328 e. The highest BCUT2D eigenvalue weighted by Crippen LogP contribution is 2.28. The number of nitrogens with zero attached hydrogens (tertiary/aromatic N) is 4. The molecule has 0 bridgehead atoms. The number of carbonyl (C=O) groups is 1. The third kappa shape index (κ3) is 2.67. The van der Waals surface area contributed by atoms with Crippen LogP contribution in [0, 0.1) is 0 Å². The third-order valence-corrected chi connectivity index (χ3v) is 6.68. The van der Waals surface area contributed by atoms with Gasteiger partial charge in [0.25, 0.3) is 0 Å². The smallest absolute Gasteiger partial charge is 0.328 e. The molecule has 9 heteroatoms. The molecule has 25 heavy (non-hydrogen) atoms. The number of hydrogen-bond acceptors (Lipinski definition) is 4. The monoisotopic (exact) mass is 366 g/mol. The van der Waals surface area contributed by atoms with E-state index >= 15 is 0 Å². The number of sulfonamides is 1. The van der Waals surface area contributed by atoms with Gasteiger partial charge in [-0.2, -0.15) is 4.31 Å². The molecule has 1 amide bonds. The summed E-state index contributed by atoms with van der Waals surface area (Å²) in [4.78, 5) is 25.9. The quantitative estimate of drug-likeness (QED) is 0.772. The van der Waals surface area contributed by atoms with Gasteiger partial charge in [0.05, 0.1) is 15.9 Å². The van der Waals surface area contributed by atoms with Crippen LogP contribution in [0.5, 0.6) is 0 Å². The van der Waals surface area contributed by atoms with Crippen molar-refractivity contribution in [1.82, 2.24) is 18.3 Å². The van der Waals surface area contributed by atoms with Gasteiger partial charge in [0.15, 0.2) is 0 Å². The van der Waals surface area contributed by atoms with Crippen molar-refractivity contribution in [2.45, 2.75) is 23.8 Å². The first-order valence-electron chi connectivity index (χ1n) is 8.04. The second-order valence-electron chi connectivity index (χ2n) is 6.56. The van der Waals surface area contributed by atoms with Gasteiger partial charge in [-0.25, -0.2) is 13.2 Å². The van der Waals surface area contributed by atoms with Crippen LogP contribution in [0.2, 0.25) is 0 Å². The van der Waals surface area contributed by atoms with Crippen molar-refractivity contribution in [3.05, 3.63) is 28.7 Å². The number of imidazole rings is 1. The van der Waals surface area contributed by atoms with Crippen molar-refractivity contribution >= 4 is 27.0 Å². The number of rotatable bonds is 3. The second-order valence-corrected chi connectivity index (χ2v) is 8.45. The van der Waals surface area contributed by atoms with Gasteiger partial charge in [-0.05, 0) is 31.0 Å². The lowest BCUT2D eigenvalue weighted by Crippen LogP contribution is -2.45. The first-order chi connectivity index (χ1) is 11.7. The van der Waals surface area contributed by atoms with Crippen LogP contribution in [-0.2, 0) is 28.9 Å². The number of benzene rings is 1. The van der Waals surface area contributed by atoms with E-state index in [-0.39, 0.29) is 16.5 Å². The van der Waals surface area contributed by atoms with Crippen molar-refractivity contribution in [1.29, 1.82) is 0 Å². The molecule has 1 unspecified atom stereocenters. The van der Waals surface area contributed by atoms with E-state index in [2.05, 4.69) is 0 Å². The van der Waals surface area contributed by atoms with E-state index in [1.165, 1.54) is 30.5 Å². The molecule has 1 fully saturated rings. The first kappa shape index (κ1) is 17.7. The zero-order valence-electron chi connectivity index (χ0n) is 14.8. The Morgan fingerprint density at radius 2 is 1.80 bits per heavy atom. The summed E-state index contributed by atoms with van der Waals surface area (Å²) in [5.41, 5.74) is 0.989. The minimum absolute atomic E-state index is 0.0969. The van der Waals surface area contributed by atoms with Crippen molar-refractivity contribution in [3.8, 4) is 0 Å².